The number of rotatable bonds is 19. The molecule has 0 saturated heterocycles. The Kier molecular flexibility index (Phi) is 19.0. The molecule has 0 aliphatic heterocycles. The summed E-state index contributed by atoms with van der Waals surface area (Å²) in [4.78, 5) is 10.8. The highest BCUT2D eigenvalue weighted by Gasteiger charge is 2.12. The van der Waals surface area contributed by atoms with Gasteiger partial charge in [-0.15, -0.1) is 0 Å². The molecular weight excluding hydrogens is 312 g/mol. The molecule has 0 aromatic heterocycles. The smallest absolute Gasteiger partial charge is 0.450 e. The molecule has 0 fully saturated rings. The van der Waals surface area contributed by atoms with Crippen molar-refractivity contribution < 1.29 is 14.6 Å². The van der Waals surface area contributed by atoms with Crippen molar-refractivity contribution in [3.8, 4) is 0 Å². The SMILES string of the molecule is CCCCCCCCCCCCCCCC(CCCCC)OC(=O)O. The molecule has 0 aromatic carbocycles. The third-order valence-corrected chi connectivity index (χ3v) is 5.03. The van der Waals surface area contributed by atoms with Crippen LogP contribution < -0.4 is 0 Å². The van der Waals surface area contributed by atoms with E-state index in [1.54, 1.807) is 0 Å². The van der Waals surface area contributed by atoms with Crippen LogP contribution in [0.2, 0.25) is 0 Å². The highest BCUT2D eigenvalue weighted by Crippen LogP contribution is 2.16. The van der Waals surface area contributed by atoms with Gasteiger partial charge in [0.2, 0.25) is 0 Å². The third-order valence-electron chi connectivity index (χ3n) is 5.03. The molecule has 0 aromatic rings. The fourth-order valence-electron chi connectivity index (χ4n) is 3.42. The number of carboxylic acid groups (broad SMARTS) is 1. The summed E-state index contributed by atoms with van der Waals surface area (Å²) in [6.07, 6.45) is 21.5. The van der Waals surface area contributed by atoms with Crippen molar-refractivity contribution in [3.63, 3.8) is 0 Å². The summed E-state index contributed by atoms with van der Waals surface area (Å²) >= 11 is 0. The third kappa shape index (κ3) is 19.4. The van der Waals surface area contributed by atoms with E-state index in [1.807, 2.05) is 0 Å². The second-order valence-electron chi connectivity index (χ2n) is 7.53. The van der Waals surface area contributed by atoms with Gasteiger partial charge < -0.3 is 9.84 Å². The van der Waals surface area contributed by atoms with E-state index >= 15 is 0 Å². The molecule has 1 unspecified atom stereocenters. The number of hydrogen-bond donors (Lipinski definition) is 1. The standard InChI is InChI=1S/C22H44O3/c1-3-5-7-8-9-10-11-12-13-14-15-16-18-20-21(25-22(23)24)19-17-6-4-2/h21H,3-20H2,1-2H3,(H,23,24). The molecule has 1 N–H and O–H groups in total. The lowest BCUT2D eigenvalue weighted by Gasteiger charge is -2.15. The lowest BCUT2D eigenvalue weighted by Crippen LogP contribution is -2.16. The molecule has 25 heavy (non-hydrogen) atoms. The Hall–Kier alpha value is -0.730. The zero-order valence-electron chi connectivity index (χ0n) is 17.1. The van der Waals surface area contributed by atoms with Gasteiger partial charge in [0, 0.05) is 0 Å². The first kappa shape index (κ1) is 24.3. The van der Waals surface area contributed by atoms with Crippen LogP contribution in [0.4, 0.5) is 4.79 Å². The van der Waals surface area contributed by atoms with E-state index in [9.17, 15) is 4.79 Å². The summed E-state index contributed by atoms with van der Waals surface area (Å²) in [6.45, 7) is 4.44. The second-order valence-corrected chi connectivity index (χ2v) is 7.53. The van der Waals surface area contributed by atoms with Gasteiger partial charge in [-0.2, -0.15) is 0 Å². The zero-order chi connectivity index (χ0) is 18.6. The number of ether oxygens (including phenoxy) is 1. The zero-order valence-corrected chi connectivity index (χ0v) is 17.1. The Morgan fingerprint density at radius 2 is 0.960 bits per heavy atom. The van der Waals surface area contributed by atoms with Crippen LogP contribution in [0.25, 0.3) is 0 Å². The van der Waals surface area contributed by atoms with Crippen LogP contribution in [0.3, 0.4) is 0 Å². The monoisotopic (exact) mass is 356 g/mol. The molecule has 0 heterocycles. The molecule has 0 aliphatic rings. The first-order valence-electron chi connectivity index (χ1n) is 11.1. The van der Waals surface area contributed by atoms with Crippen molar-refractivity contribution in [3.05, 3.63) is 0 Å². The maximum absolute atomic E-state index is 10.8. The first-order valence-corrected chi connectivity index (χ1v) is 11.1. The maximum Gasteiger partial charge on any atom is 0.506 e. The van der Waals surface area contributed by atoms with E-state index in [4.69, 9.17) is 9.84 Å². The lowest BCUT2D eigenvalue weighted by atomic mass is 10.0. The average molecular weight is 357 g/mol. The Morgan fingerprint density at radius 3 is 1.36 bits per heavy atom. The topological polar surface area (TPSA) is 46.5 Å². The van der Waals surface area contributed by atoms with Crippen molar-refractivity contribution >= 4 is 6.16 Å². The van der Waals surface area contributed by atoms with Gasteiger partial charge in [-0.1, -0.05) is 104 Å². The summed E-state index contributed by atoms with van der Waals surface area (Å²) in [5, 5.41) is 8.82. The van der Waals surface area contributed by atoms with Crippen molar-refractivity contribution in [1.82, 2.24) is 0 Å². The molecule has 3 heteroatoms. The Labute approximate surface area is 156 Å². The molecule has 1 atom stereocenters. The Balaban J connectivity index is 3.39. The normalized spacial score (nSPS) is 12.2. The highest BCUT2D eigenvalue weighted by molar-refractivity contribution is 5.57. The molecule has 0 amide bonds. The molecule has 0 bridgehead atoms. The van der Waals surface area contributed by atoms with Crippen LogP contribution in [0.1, 0.15) is 129 Å². The maximum atomic E-state index is 10.8. The molecule has 0 spiro atoms. The Morgan fingerprint density at radius 1 is 0.640 bits per heavy atom. The van der Waals surface area contributed by atoms with Gasteiger partial charge in [0.1, 0.15) is 6.10 Å². The minimum atomic E-state index is -1.11. The van der Waals surface area contributed by atoms with Crippen LogP contribution in [-0.2, 0) is 4.74 Å². The lowest BCUT2D eigenvalue weighted by molar-refractivity contribution is 0.0423. The molecule has 0 rings (SSSR count). The highest BCUT2D eigenvalue weighted by atomic mass is 16.7. The second kappa shape index (κ2) is 19.6. The minimum absolute atomic E-state index is 0.0863. The first-order chi connectivity index (χ1) is 12.2. The van der Waals surface area contributed by atoms with E-state index in [-0.39, 0.29) is 6.10 Å². The van der Waals surface area contributed by atoms with E-state index in [0.29, 0.717) is 0 Å². The van der Waals surface area contributed by atoms with Gasteiger partial charge >= 0.3 is 6.16 Å². The van der Waals surface area contributed by atoms with E-state index < -0.39 is 6.16 Å². The molecule has 0 aliphatic carbocycles. The molecule has 3 nitrogen and oxygen atoms in total. The van der Waals surface area contributed by atoms with Crippen LogP contribution in [0.15, 0.2) is 0 Å². The minimum Gasteiger partial charge on any atom is -0.450 e. The van der Waals surface area contributed by atoms with Gasteiger partial charge in [0.05, 0.1) is 0 Å². The van der Waals surface area contributed by atoms with Gasteiger partial charge in [-0.25, -0.2) is 4.79 Å². The van der Waals surface area contributed by atoms with Crippen molar-refractivity contribution in [2.45, 2.75) is 136 Å². The predicted octanol–water partition coefficient (Wildman–Crippen LogP) is 8.11. The van der Waals surface area contributed by atoms with Gasteiger partial charge in [-0.3, -0.25) is 0 Å². The summed E-state index contributed by atoms with van der Waals surface area (Å²) in [5.41, 5.74) is 0. The quantitative estimate of drug-likeness (QED) is 0.188. The number of carbonyl (C=O) groups is 1. The van der Waals surface area contributed by atoms with Crippen LogP contribution in [-0.4, -0.2) is 17.4 Å². The van der Waals surface area contributed by atoms with Crippen molar-refractivity contribution in [2.75, 3.05) is 0 Å². The summed E-state index contributed by atoms with van der Waals surface area (Å²) in [5.74, 6) is 0. The van der Waals surface area contributed by atoms with Gasteiger partial charge in [0.25, 0.3) is 0 Å². The Bertz CT molecular complexity index is 278. The molecule has 0 saturated carbocycles. The van der Waals surface area contributed by atoms with Crippen molar-refractivity contribution in [2.24, 2.45) is 0 Å². The molecule has 0 radical (unpaired) electrons. The fraction of sp³-hybridized carbons (Fsp3) is 0.955. The van der Waals surface area contributed by atoms with Crippen LogP contribution >= 0.6 is 0 Å². The largest absolute Gasteiger partial charge is 0.506 e. The fourth-order valence-corrected chi connectivity index (χ4v) is 3.42. The van der Waals surface area contributed by atoms with Gasteiger partial charge in [-0.05, 0) is 25.7 Å². The van der Waals surface area contributed by atoms with Crippen LogP contribution in [0.5, 0.6) is 0 Å². The van der Waals surface area contributed by atoms with Crippen molar-refractivity contribution in [1.29, 1.82) is 0 Å². The van der Waals surface area contributed by atoms with E-state index in [2.05, 4.69) is 13.8 Å². The summed E-state index contributed by atoms with van der Waals surface area (Å²) < 4.78 is 5.02. The number of unbranched alkanes of at least 4 members (excludes halogenated alkanes) is 14. The van der Waals surface area contributed by atoms with E-state index in [0.717, 1.165) is 32.1 Å². The molecule has 150 valence electrons. The van der Waals surface area contributed by atoms with Gasteiger partial charge in [0.15, 0.2) is 0 Å². The predicted molar refractivity (Wildman–Crippen MR) is 107 cm³/mol. The van der Waals surface area contributed by atoms with Crippen LogP contribution in [0, 0.1) is 0 Å². The molecular formula is C22H44O3. The number of hydrogen-bond acceptors (Lipinski definition) is 2. The average Bonchev–Trinajstić information content (AvgIpc) is 2.58. The summed E-state index contributed by atoms with van der Waals surface area (Å²) in [7, 11) is 0. The summed E-state index contributed by atoms with van der Waals surface area (Å²) in [6, 6.07) is 0. The van der Waals surface area contributed by atoms with E-state index in [1.165, 1.54) is 83.5 Å².